The second-order valence-corrected chi connectivity index (χ2v) is 4.66. The molecule has 0 aliphatic carbocycles. The Kier molecular flexibility index (Phi) is 4.65. The van der Waals surface area contributed by atoms with E-state index in [1.54, 1.807) is 0 Å². The van der Waals surface area contributed by atoms with Crippen molar-refractivity contribution in [1.29, 1.82) is 0 Å². The highest BCUT2D eigenvalue weighted by atomic mass is 16.1. The van der Waals surface area contributed by atoms with Crippen LogP contribution in [0.3, 0.4) is 0 Å². The number of nitrogens with two attached hydrogens (primary N) is 1. The van der Waals surface area contributed by atoms with Crippen molar-refractivity contribution < 1.29 is 4.79 Å². The maximum Gasteiger partial charge on any atom is 0.245 e. The number of carbonyl (C=O) groups is 1. The van der Waals surface area contributed by atoms with Crippen LogP contribution in [-0.4, -0.2) is 27.1 Å². The number of aryl methyl sites for hydroxylation is 1. The molecule has 0 bridgehead atoms. The van der Waals surface area contributed by atoms with E-state index in [-0.39, 0.29) is 5.95 Å². The van der Waals surface area contributed by atoms with Gasteiger partial charge in [-0.15, -0.1) is 5.10 Å². The predicted octanol–water partition coefficient (Wildman–Crippen LogP) is 1.60. The molecule has 0 unspecified atom stereocenters. The lowest BCUT2D eigenvalue weighted by Crippen LogP contribution is -2.35. The first-order chi connectivity index (χ1) is 10.1. The van der Waals surface area contributed by atoms with Gasteiger partial charge in [-0.2, -0.15) is 10.1 Å². The molecular formula is C14H18N6O. The zero-order valence-corrected chi connectivity index (χ0v) is 12.0. The summed E-state index contributed by atoms with van der Waals surface area (Å²) in [5.41, 5.74) is 7.35. The van der Waals surface area contributed by atoms with E-state index >= 15 is 0 Å². The second kappa shape index (κ2) is 6.65. The second-order valence-electron chi connectivity index (χ2n) is 4.66. The van der Waals surface area contributed by atoms with E-state index in [1.165, 1.54) is 11.8 Å². The third-order valence-electron chi connectivity index (χ3n) is 2.94. The molecular weight excluding hydrogens is 268 g/mol. The van der Waals surface area contributed by atoms with Gasteiger partial charge >= 0.3 is 0 Å². The first-order valence-electron chi connectivity index (χ1n) is 6.67. The minimum absolute atomic E-state index is 0.262. The number of amides is 1. The normalized spacial score (nSPS) is 11.7. The molecule has 0 spiro atoms. The molecule has 2 rings (SSSR count). The van der Waals surface area contributed by atoms with Crippen molar-refractivity contribution in [1.82, 2.24) is 15.2 Å². The first-order valence-corrected chi connectivity index (χ1v) is 6.67. The molecule has 0 aliphatic rings. The molecule has 0 saturated heterocycles. The van der Waals surface area contributed by atoms with Crippen LogP contribution in [0.15, 0.2) is 30.5 Å². The summed E-state index contributed by atoms with van der Waals surface area (Å²) in [6.45, 7) is 3.87. The summed E-state index contributed by atoms with van der Waals surface area (Å²) in [4.78, 5) is 15.5. The molecule has 1 amide bonds. The van der Waals surface area contributed by atoms with Gasteiger partial charge in [0.2, 0.25) is 11.9 Å². The largest absolute Gasteiger partial charge is 0.368 e. The van der Waals surface area contributed by atoms with Gasteiger partial charge in [0.05, 0.1) is 6.20 Å². The van der Waals surface area contributed by atoms with Crippen LogP contribution < -0.4 is 16.4 Å². The Morgan fingerprint density at radius 1 is 1.33 bits per heavy atom. The molecule has 7 heteroatoms. The number of nitrogens with zero attached hydrogens (tertiary/aromatic N) is 3. The SMILES string of the molecule is CC[C@@H](Nc1nncc(Nc2ccc(C)cc2)n1)C(N)=O. The number of hydrogen-bond donors (Lipinski definition) is 3. The molecule has 110 valence electrons. The fourth-order valence-electron chi connectivity index (χ4n) is 1.74. The van der Waals surface area contributed by atoms with Crippen LogP contribution in [0.5, 0.6) is 0 Å². The number of carbonyl (C=O) groups excluding carboxylic acids is 1. The fraction of sp³-hybridized carbons (Fsp3) is 0.286. The number of rotatable bonds is 6. The Bertz CT molecular complexity index is 613. The van der Waals surface area contributed by atoms with E-state index in [4.69, 9.17) is 5.73 Å². The quantitative estimate of drug-likeness (QED) is 0.744. The molecule has 21 heavy (non-hydrogen) atoms. The molecule has 1 aromatic carbocycles. The topological polar surface area (TPSA) is 106 Å². The maximum absolute atomic E-state index is 11.2. The van der Waals surface area contributed by atoms with E-state index < -0.39 is 11.9 Å². The van der Waals surface area contributed by atoms with E-state index in [2.05, 4.69) is 25.8 Å². The zero-order valence-electron chi connectivity index (χ0n) is 12.0. The molecule has 0 fully saturated rings. The van der Waals surface area contributed by atoms with Gasteiger partial charge in [-0.25, -0.2) is 0 Å². The van der Waals surface area contributed by atoms with Crippen molar-refractivity contribution in [3.8, 4) is 0 Å². The van der Waals surface area contributed by atoms with Gasteiger partial charge in [-0.3, -0.25) is 4.79 Å². The Morgan fingerprint density at radius 2 is 2.05 bits per heavy atom. The van der Waals surface area contributed by atoms with Crippen molar-refractivity contribution in [2.75, 3.05) is 10.6 Å². The highest BCUT2D eigenvalue weighted by Gasteiger charge is 2.14. The third-order valence-corrected chi connectivity index (χ3v) is 2.94. The number of nitrogens with one attached hydrogen (secondary N) is 2. The summed E-state index contributed by atoms with van der Waals surface area (Å²) in [6, 6.07) is 7.37. The average Bonchev–Trinajstić information content (AvgIpc) is 2.47. The lowest BCUT2D eigenvalue weighted by atomic mass is 10.2. The third kappa shape index (κ3) is 4.13. The van der Waals surface area contributed by atoms with Gasteiger partial charge in [0.1, 0.15) is 6.04 Å². The number of anilines is 3. The molecule has 1 aromatic heterocycles. The highest BCUT2D eigenvalue weighted by molar-refractivity contribution is 5.82. The van der Waals surface area contributed by atoms with Crippen LogP contribution in [0.1, 0.15) is 18.9 Å². The number of aromatic nitrogens is 3. The summed E-state index contributed by atoms with van der Waals surface area (Å²) >= 11 is 0. The summed E-state index contributed by atoms with van der Waals surface area (Å²) in [6.07, 6.45) is 2.06. The van der Waals surface area contributed by atoms with Gasteiger partial charge in [0.25, 0.3) is 0 Å². The summed E-state index contributed by atoms with van der Waals surface area (Å²) < 4.78 is 0. The monoisotopic (exact) mass is 286 g/mol. The van der Waals surface area contributed by atoms with Crippen molar-refractivity contribution in [2.24, 2.45) is 5.73 Å². The van der Waals surface area contributed by atoms with Crippen molar-refractivity contribution in [3.05, 3.63) is 36.0 Å². The van der Waals surface area contributed by atoms with Crippen LogP contribution in [0.25, 0.3) is 0 Å². The Morgan fingerprint density at radius 3 is 2.67 bits per heavy atom. The van der Waals surface area contributed by atoms with E-state index in [0.717, 1.165) is 5.69 Å². The van der Waals surface area contributed by atoms with Crippen molar-refractivity contribution in [2.45, 2.75) is 26.3 Å². The molecule has 1 heterocycles. The van der Waals surface area contributed by atoms with Crippen LogP contribution in [-0.2, 0) is 4.79 Å². The molecule has 4 N–H and O–H groups in total. The Labute approximate surface area is 123 Å². The van der Waals surface area contributed by atoms with Crippen LogP contribution in [0, 0.1) is 6.92 Å². The molecule has 2 aromatic rings. The molecule has 0 radical (unpaired) electrons. The smallest absolute Gasteiger partial charge is 0.245 e. The molecule has 0 aliphatic heterocycles. The number of hydrogen-bond acceptors (Lipinski definition) is 6. The standard InChI is InChI=1S/C14H18N6O/c1-3-11(13(15)21)18-14-19-12(8-16-20-14)17-10-6-4-9(2)5-7-10/h4-8,11H,3H2,1-2H3,(H2,15,21)(H2,17,18,19,20)/t11-/m1/s1. The Balaban J connectivity index is 2.10. The maximum atomic E-state index is 11.2. The zero-order chi connectivity index (χ0) is 15.2. The minimum Gasteiger partial charge on any atom is -0.368 e. The van der Waals surface area contributed by atoms with Gasteiger partial charge in [-0.05, 0) is 25.5 Å². The molecule has 0 saturated carbocycles. The number of primary amides is 1. The molecule has 1 atom stereocenters. The average molecular weight is 286 g/mol. The molecule has 7 nitrogen and oxygen atoms in total. The van der Waals surface area contributed by atoms with Crippen molar-refractivity contribution >= 4 is 23.4 Å². The van der Waals surface area contributed by atoms with Crippen LogP contribution in [0.2, 0.25) is 0 Å². The lowest BCUT2D eigenvalue weighted by molar-refractivity contribution is -0.118. The van der Waals surface area contributed by atoms with Gasteiger partial charge in [-0.1, -0.05) is 24.6 Å². The summed E-state index contributed by atoms with van der Waals surface area (Å²) in [7, 11) is 0. The van der Waals surface area contributed by atoms with E-state index in [0.29, 0.717) is 12.2 Å². The van der Waals surface area contributed by atoms with Gasteiger partial charge < -0.3 is 16.4 Å². The van der Waals surface area contributed by atoms with Gasteiger partial charge in [0, 0.05) is 5.69 Å². The first kappa shape index (κ1) is 14.7. The van der Waals surface area contributed by atoms with Crippen LogP contribution in [0.4, 0.5) is 17.5 Å². The van der Waals surface area contributed by atoms with Gasteiger partial charge in [0.15, 0.2) is 5.82 Å². The highest BCUT2D eigenvalue weighted by Crippen LogP contribution is 2.15. The van der Waals surface area contributed by atoms with E-state index in [9.17, 15) is 4.79 Å². The number of benzene rings is 1. The lowest BCUT2D eigenvalue weighted by Gasteiger charge is -2.13. The Hall–Kier alpha value is -2.70. The minimum atomic E-state index is -0.513. The van der Waals surface area contributed by atoms with E-state index in [1.807, 2.05) is 38.1 Å². The van der Waals surface area contributed by atoms with Crippen LogP contribution >= 0.6 is 0 Å². The fourth-order valence-corrected chi connectivity index (χ4v) is 1.74. The summed E-state index contributed by atoms with van der Waals surface area (Å²) in [5.74, 6) is 0.353. The summed E-state index contributed by atoms with van der Waals surface area (Å²) in [5, 5.41) is 13.7. The predicted molar refractivity (Wildman–Crippen MR) is 81.2 cm³/mol. The van der Waals surface area contributed by atoms with Crippen molar-refractivity contribution in [3.63, 3.8) is 0 Å².